The summed E-state index contributed by atoms with van der Waals surface area (Å²) in [6.07, 6.45) is 1.13. The van der Waals surface area contributed by atoms with Gasteiger partial charge in [-0.1, -0.05) is 11.6 Å². The number of benzene rings is 1. The second-order valence-electron chi connectivity index (χ2n) is 4.82. The highest BCUT2D eigenvalue weighted by Gasteiger charge is 2.21. The molecule has 0 spiro atoms. The third-order valence-electron chi connectivity index (χ3n) is 3.73. The van der Waals surface area contributed by atoms with Crippen LogP contribution in [0.25, 0.3) is 10.9 Å². The van der Waals surface area contributed by atoms with Crippen LogP contribution in [0.1, 0.15) is 18.2 Å². The van der Waals surface area contributed by atoms with Crippen LogP contribution in [0, 0.1) is 0 Å². The molecule has 0 amide bonds. The lowest BCUT2D eigenvalue weighted by atomic mass is 10.0. The SMILES string of the molecule is CCn1c2c(c3cc(Cl)ccc31)CCN(C)C2. The lowest BCUT2D eigenvalue weighted by Crippen LogP contribution is -2.27. The monoisotopic (exact) mass is 248 g/mol. The molecule has 17 heavy (non-hydrogen) atoms. The van der Waals surface area contributed by atoms with Crippen LogP contribution in [-0.2, 0) is 19.5 Å². The van der Waals surface area contributed by atoms with Crippen molar-refractivity contribution >= 4 is 22.5 Å². The fourth-order valence-electron chi connectivity index (χ4n) is 2.91. The largest absolute Gasteiger partial charge is 0.343 e. The van der Waals surface area contributed by atoms with E-state index in [0.29, 0.717) is 0 Å². The van der Waals surface area contributed by atoms with Crippen molar-refractivity contribution in [2.24, 2.45) is 0 Å². The van der Waals surface area contributed by atoms with Crippen LogP contribution in [0.2, 0.25) is 5.02 Å². The first-order valence-electron chi connectivity index (χ1n) is 6.18. The first-order chi connectivity index (χ1) is 8.20. The maximum absolute atomic E-state index is 6.12. The zero-order valence-corrected chi connectivity index (χ0v) is 11.1. The molecule has 0 radical (unpaired) electrons. The van der Waals surface area contributed by atoms with Gasteiger partial charge in [-0.15, -0.1) is 0 Å². The van der Waals surface area contributed by atoms with E-state index in [4.69, 9.17) is 11.6 Å². The Kier molecular flexibility index (Phi) is 2.64. The van der Waals surface area contributed by atoms with E-state index in [2.05, 4.69) is 35.6 Å². The van der Waals surface area contributed by atoms with Crippen molar-refractivity contribution in [3.8, 4) is 0 Å². The summed E-state index contributed by atoms with van der Waals surface area (Å²) in [6, 6.07) is 6.26. The number of rotatable bonds is 1. The fourth-order valence-corrected chi connectivity index (χ4v) is 3.08. The van der Waals surface area contributed by atoms with Gasteiger partial charge in [0, 0.05) is 41.3 Å². The quantitative estimate of drug-likeness (QED) is 0.752. The van der Waals surface area contributed by atoms with Crippen molar-refractivity contribution in [2.75, 3.05) is 13.6 Å². The van der Waals surface area contributed by atoms with Gasteiger partial charge in [0.25, 0.3) is 0 Å². The Bertz CT molecular complexity index is 571. The van der Waals surface area contributed by atoms with Gasteiger partial charge in [-0.2, -0.15) is 0 Å². The molecule has 1 aliphatic heterocycles. The van der Waals surface area contributed by atoms with Crippen LogP contribution in [0.15, 0.2) is 18.2 Å². The summed E-state index contributed by atoms with van der Waals surface area (Å²) in [6.45, 7) is 5.43. The van der Waals surface area contributed by atoms with E-state index >= 15 is 0 Å². The number of nitrogens with zero attached hydrogens (tertiary/aromatic N) is 2. The first kappa shape index (κ1) is 11.1. The van der Waals surface area contributed by atoms with Crippen molar-refractivity contribution in [2.45, 2.75) is 26.4 Å². The molecule has 0 N–H and O–H groups in total. The Balaban J connectivity index is 2.31. The maximum atomic E-state index is 6.12. The zero-order valence-electron chi connectivity index (χ0n) is 10.3. The Morgan fingerprint density at radius 2 is 2.18 bits per heavy atom. The van der Waals surface area contributed by atoms with E-state index < -0.39 is 0 Å². The topological polar surface area (TPSA) is 8.17 Å². The van der Waals surface area contributed by atoms with Crippen LogP contribution >= 0.6 is 11.6 Å². The average molecular weight is 249 g/mol. The molecular formula is C14H17ClN2. The third kappa shape index (κ3) is 1.67. The number of aryl methyl sites for hydroxylation is 1. The molecule has 2 aromatic rings. The average Bonchev–Trinajstić information content (AvgIpc) is 2.61. The highest BCUT2D eigenvalue weighted by atomic mass is 35.5. The van der Waals surface area contributed by atoms with E-state index in [1.807, 2.05) is 6.07 Å². The molecule has 0 bridgehead atoms. The maximum Gasteiger partial charge on any atom is 0.0486 e. The molecule has 2 nitrogen and oxygen atoms in total. The van der Waals surface area contributed by atoms with Crippen molar-refractivity contribution in [1.82, 2.24) is 9.47 Å². The minimum Gasteiger partial charge on any atom is -0.343 e. The van der Waals surface area contributed by atoms with Crippen LogP contribution in [0.3, 0.4) is 0 Å². The minimum absolute atomic E-state index is 0.840. The molecule has 0 unspecified atom stereocenters. The molecule has 3 rings (SSSR count). The van der Waals surface area contributed by atoms with Gasteiger partial charge in [0.05, 0.1) is 0 Å². The summed E-state index contributed by atoms with van der Waals surface area (Å²) in [5.41, 5.74) is 4.30. The summed E-state index contributed by atoms with van der Waals surface area (Å²) >= 11 is 6.12. The summed E-state index contributed by atoms with van der Waals surface area (Å²) in [4.78, 5) is 2.38. The Hall–Kier alpha value is -0.990. The van der Waals surface area contributed by atoms with Gasteiger partial charge in [0.2, 0.25) is 0 Å². The molecule has 1 aromatic carbocycles. The molecule has 0 saturated carbocycles. The standard InChI is InChI=1S/C14H17ClN2/c1-3-17-13-5-4-10(15)8-12(13)11-6-7-16(2)9-14(11)17/h4-5,8H,3,6-7,9H2,1-2H3. The number of likely N-dealkylation sites (N-methyl/N-ethyl adjacent to an activating group) is 1. The van der Waals surface area contributed by atoms with Gasteiger partial charge in [-0.3, -0.25) is 0 Å². The van der Waals surface area contributed by atoms with Gasteiger partial charge in [-0.05, 0) is 44.2 Å². The van der Waals surface area contributed by atoms with E-state index in [1.54, 1.807) is 0 Å². The van der Waals surface area contributed by atoms with E-state index in [-0.39, 0.29) is 0 Å². The lowest BCUT2D eigenvalue weighted by molar-refractivity contribution is 0.304. The predicted molar refractivity (Wildman–Crippen MR) is 72.7 cm³/mol. The number of hydrogen-bond donors (Lipinski definition) is 0. The molecule has 90 valence electrons. The molecule has 2 heterocycles. The summed E-state index contributed by atoms with van der Waals surface area (Å²) in [5, 5.41) is 2.19. The van der Waals surface area contributed by atoms with E-state index in [0.717, 1.165) is 31.1 Å². The van der Waals surface area contributed by atoms with Gasteiger partial charge < -0.3 is 9.47 Å². The van der Waals surface area contributed by atoms with Gasteiger partial charge >= 0.3 is 0 Å². The summed E-state index contributed by atoms with van der Waals surface area (Å²) in [5.74, 6) is 0. The molecule has 3 heteroatoms. The van der Waals surface area contributed by atoms with Crippen LogP contribution in [0.5, 0.6) is 0 Å². The highest BCUT2D eigenvalue weighted by molar-refractivity contribution is 6.31. The summed E-state index contributed by atoms with van der Waals surface area (Å²) in [7, 11) is 2.19. The lowest BCUT2D eigenvalue weighted by Gasteiger charge is -2.24. The Morgan fingerprint density at radius 3 is 2.94 bits per heavy atom. The van der Waals surface area contributed by atoms with E-state index in [9.17, 15) is 0 Å². The molecule has 0 atom stereocenters. The highest BCUT2D eigenvalue weighted by Crippen LogP contribution is 2.32. The molecule has 0 saturated heterocycles. The number of hydrogen-bond acceptors (Lipinski definition) is 1. The van der Waals surface area contributed by atoms with Gasteiger partial charge in [-0.25, -0.2) is 0 Å². The fraction of sp³-hybridized carbons (Fsp3) is 0.429. The minimum atomic E-state index is 0.840. The normalized spacial score (nSPS) is 16.4. The predicted octanol–water partition coefficient (Wildman–Crippen LogP) is 3.30. The molecule has 0 aliphatic carbocycles. The van der Waals surface area contributed by atoms with Crippen LogP contribution in [0.4, 0.5) is 0 Å². The van der Waals surface area contributed by atoms with Crippen molar-refractivity contribution < 1.29 is 0 Å². The zero-order chi connectivity index (χ0) is 12.0. The Morgan fingerprint density at radius 1 is 1.35 bits per heavy atom. The third-order valence-corrected chi connectivity index (χ3v) is 3.96. The molecular weight excluding hydrogens is 232 g/mol. The van der Waals surface area contributed by atoms with Crippen molar-refractivity contribution in [3.05, 3.63) is 34.5 Å². The van der Waals surface area contributed by atoms with Crippen LogP contribution < -0.4 is 0 Å². The van der Waals surface area contributed by atoms with Crippen molar-refractivity contribution in [1.29, 1.82) is 0 Å². The first-order valence-corrected chi connectivity index (χ1v) is 6.56. The number of aromatic nitrogens is 1. The smallest absolute Gasteiger partial charge is 0.0486 e. The second kappa shape index (κ2) is 4.04. The van der Waals surface area contributed by atoms with Crippen LogP contribution in [-0.4, -0.2) is 23.1 Å². The molecule has 1 aromatic heterocycles. The Labute approximate surface area is 107 Å². The summed E-state index contributed by atoms with van der Waals surface area (Å²) < 4.78 is 2.43. The number of fused-ring (bicyclic) bond motifs is 3. The molecule has 0 fully saturated rings. The van der Waals surface area contributed by atoms with Gasteiger partial charge in [0.1, 0.15) is 0 Å². The second-order valence-corrected chi connectivity index (χ2v) is 5.26. The van der Waals surface area contributed by atoms with E-state index in [1.165, 1.54) is 22.2 Å². The van der Waals surface area contributed by atoms with Crippen molar-refractivity contribution in [3.63, 3.8) is 0 Å². The molecule has 1 aliphatic rings. The number of halogens is 1. The van der Waals surface area contributed by atoms with Gasteiger partial charge in [0.15, 0.2) is 0 Å².